The molecule has 0 aliphatic carbocycles. The van der Waals surface area contributed by atoms with Crippen molar-refractivity contribution < 1.29 is 13.2 Å². The average molecular weight is 308 g/mol. The van der Waals surface area contributed by atoms with E-state index in [1.807, 2.05) is 0 Å². The van der Waals surface area contributed by atoms with Crippen molar-refractivity contribution >= 4 is 10.0 Å². The maximum absolute atomic E-state index is 12.6. The van der Waals surface area contributed by atoms with E-state index < -0.39 is 10.0 Å². The van der Waals surface area contributed by atoms with Crippen molar-refractivity contribution in [1.29, 1.82) is 0 Å². The van der Waals surface area contributed by atoms with E-state index in [1.54, 1.807) is 35.4 Å². The largest absolute Gasteiger partial charge is 0.497 e. The molecule has 2 aromatic rings. The summed E-state index contributed by atoms with van der Waals surface area (Å²) in [6.45, 7) is 0.847. The van der Waals surface area contributed by atoms with Gasteiger partial charge < -0.3 is 4.74 Å². The lowest BCUT2D eigenvalue weighted by atomic mass is 10.3. The molecule has 7 nitrogen and oxygen atoms in total. The molecule has 1 unspecified atom stereocenters. The van der Waals surface area contributed by atoms with Gasteiger partial charge in [0.15, 0.2) is 0 Å². The van der Waals surface area contributed by atoms with Gasteiger partial charge in [0.25, 0.3) is 0 Å². The summed E-state index contributed by atoms with van der Waals surface area (Å²) in [4.78, 5) is 1.82. The van der Waals surface area contributed by atoms with Crippen LogP contribution in [0.1, 0.15) is 12.5 Å². The molecule has 0 N–H and O–H groups in total. The highest BCUT2D eigenvalue weighted by atomic mass is 32.2. The Kier molecular flexibility index (Phi) is 3.64. The van der Waals surface area contributed by atoms with Gasteiger partial charge in [-0.1, -0.05) is 6.07 Å². The molecule has 1 aliphatic rings. The zero-order valence-corrected chi connectivity index (χ0v) is 12.4. The lowest BCUT2D eigenvalue weighted by Crippen LogP contribution is -2.29. The van der Waals surface area contributed by atoms with Gasteiger partial charge in [-0.15, -0.1) is 0 Å². The van der Waals surface area contributed by atoms with Crippen LogP contribution >= 0.6 is 0 Å². The molecule has 0 saturated carbocycles. The second-order valence-electron chi connectivity index (χ2n) is 4.83. The zero-order valence-electron chi connectivity index (χ0n) is 11.6. The Morgan fingerprint density at radius 2 is 2.05 bits per heavy atom. The molecule has 1 fully saturated rings. The number of ether oxygens (including phenoxy) is 1. The average Bonchev–Trinajstić information content (AvgIpc) is 3.18. The number of rotatable bonds is 4. The summed E-state index contributed by atoms with van der Waals surface area (Å²) < 4.78 is 31.8. The Bertz CT molecular complexity index is 715. The summed E-state index contributed by atoms with van der Waals surface area (Å²) in [7, 11) is -2.00. The molecular weight excluding hydrogens is 292 g/mol. The molecule has 2 heterocycles. The van der Waals surface area contributed by atoms with Crippen LogP contribution in [0.4, 0.5) is 0 Å². The molecule has 3 rings (SSSR count). The molecule has 8 heteroatoms. The molecule has 21 heavy (non-hydrogen) atoms. The minimum atomic E-state index is -3.51. The molecule has 0 bridgehead atoms. The Morgan fingerprint density at radius 1 is 1.29 bits per heavy atom. The van der Waals surface area contributed by atoms with Crippen molar-refractivity contribution in [1.82, 2.24) is 19.3 Å². The molecule has 1 aromatic carbocycles. The number of hydrogen-bond acceptors (Lipinski definition) is 5. The third kappa shape index (κ3) is 2.64. The van der Waals surface area contributed by atoms with Crippen LogP contribution in [0.15, 0.2) is 41.6 Å². The Hall–Kier alpha value is -1.93. The van der Waals surface area contributed by atoms with E-state index in [0.717, 1.165) is 0 Å². The van der Waals surface area contributed by atoms with Gasteiger partial charge in [0.1, 0.15) is 5.75 Å². The summed E-state index contributed by atoms with van der Waals surface area (Å²) >= 11 is 0. The highest BCUT2D eigenvalue weighted by molar-refractivity contribution is 7.89. The van der Waals surface area contributed by atoms with Crippen molar-refractivity contribution in [2.24, 2.45) is 0 Å². The van der Waals surface area contributed by atoms with Crippen LogP contribution in [0, 0.1) is 0 Å². The van der Waals surface area contributed by atoms with Crippen LogP contribution in [0.25, 0.3) is 0 Å². The van der Waals surface area contributed by atoms with Crippen LogP contribution in [0.5, 0.6) is 5.75 Å². The number of hydrogen-bond donors (Lipinski definition) is 0. The minimum absolute atomic E-state index is 0.0135. The van der Waals surface area contributed by atoms with Crippen LogP contribution in [0.3, 0.4) is 0 Å². The first kappa shape index (κ1) is 14.0. The first-order chi connectivity index (χ1) is 10.1. The van der Waals surface area contributed by atoms with Crippen LogP contribution in [0.2, 0.25) is 0 Å². The smallest absolute Gasteiger partial charge is 0.243 e. The third-order valence-electron chi connectivity index (χ3n) is 3.57. The Balaban J connectivity index is 1.83. The molecule has 112 valence electrons. The highest BCUT2D eigenvalue weighted by Crippen LogP contribution is 2.27. The van der Waals surface area contributed by atoms with Gasteiger partial charge in [-0.3, -0.25) is 0 Å². The summed E-state index contributed by atoms with van der Waals surface area (Å²) in [6, 6.07) is 6.50. The van der Waals surface area contributed by atoms with Crippen molar-refractivity contribution in [2.75, 3.05) is 20.2 Å². The first-order valence-electron chi connectivity index (χ1n) is 6.61. The summed E-state index contributed by atoms with van der Waals surface area (Å²) in [6.07, 6.45) is 3.90. The van der Waals surface area contributed by atoms with Crippen LogP contribution in [-0.2, 0) is 10.0 Å². The minimum Gasteiger partial charge on any atom is -0.497 e. The molecule has 1 saturated heterocycles. The lowest BCUT2D eigenvalue weighted by Gasteiger charge is -2.16. The fraction of sp³-hybridized carbons (Fsp3) is 0.385. The van der Waals surface area contributed by atoms with Gasteiger partial charge in [0.2, 0.25) is 10.0 Å². The van der Waals surface area contributed by atoms with Gasteiger partial charge in [0, 0.05) is 19.2 Å². The Labute approximate surface area is 123 Å². The maximum Gasteiger partial charge on any atom is 0.243 e. The van der Waals surface area contributed by atoms with E-state index in [9.17, 15) is 8.42 Å². The van der Waals surface area contributed by atoms with E-state index >= 15 is 0 Å². The summed E-state index contributed by atoms with van der Waals surface area (Å²) in [5, 5.41) is 8.16. The van der Waals surface area contributed by atoms with E-state index in [4.69, 9.17) is 4.74 Å². The molecule has 0 radical (unpaired) electrons. The van der Waals surface area contributed by atoms with Gasteiger partial charge in [-0.2, -0.15) is 19.3 Å². The highest BCUT2D eigenvalue weighted by Gasteiger charge is 2.34. The maximum atomic E-state index is 12.6. The van der Waals surface area contributed by atoms with Gasteiger partial charge >= 0.3 is 0 Å². The lowest BCUT2D eigenvalue weighted by molar-refractivity contribution is 0.401. The fourth-order valence-electron chi connectivity index (χ4n) is 2.44. The quantitative estimate of drug-likeness (QED) is 0.839. The van der Waals surface area contributed by atoms with E-state index in [2.05, 4.69) is 10.2 Å². The SMILES string of the molecule is COc1cccc(S(=O)(=O)N2CCC(n3nccn3)C2)c1. The summed E-state index contributed by atoms with van der Waals surface area (Å²) in [5.74, 6) is 0.528. The normalized spacial score (nSPS) is 19.8. The standard InChI is InChI=1S/C13H16N4O3S/c1-20-12-3-2-4-13(9-12)21(18,19)16-8-5-11(10-16)17-14-6-7-15-17/h2-4,6-7,9,11H,5,8,10H2,1H3. The topological polar surface area (TPSA) is 77.3 Å². The third-order valence-corrected chi connectivity index (χ3v) is 5.43. The number of aromatic nitrogens is 3. The van der Waals surface area contributed by atoms with Crippen LogP contribution in [-0.4, -0.2) is 47.9 Å². The van der Waals surface area contributed by atoms with E-state index in [0.29, 0.717) is 25.3 Å². The van der Waals surface area contributed by atoms with Crippen molar-refractivity contribution in [3.63, 3.8) is 0 Å². The second kappa shape index (κ2) is 5.45. The molecule has 1 atom stereocenters. The van der Waals surface area contributed by atoms with E-state index in [-0.39, 0.29) is 10.9 Å². The molecular formula is C13H16N4O3S. The molecule has 1 aliphatic heterocycles. The van der Waals surface area contributed by atoms with E-state index in [1.165, 1.54) is 17.5 Å². The number of benzene rings is 1. The molecule has 1 aromatic heterocycles. The molecule has 0 spiro atoms. The Morgan fingerprint density at radius 3 is 2.76 bits per heavy atom. The predicted molar refractivity (Wildman–Crippen MR) is 75.4 cm³/mol. The van der Waals surface area contributed by atoms with Crippen molar-refractivity contribution in [2.45, 2.75) is 17.4 Å². The first-order valence-corrected chi connectivity index (χ1v) is 8.05. The fourth-order valence-corrected chi connectivity index (χ4v) is 3.97. The van der Waals surface area contributed by atoms with Crippen molar-refractivity contribution in [3.8, 4) is 5.75 Å². The second-order valence-corrected chi connectivity index (χ2v) is 6.77. The van der Waals surface area contributed by atoms with Gasteiger partial charge in [0.05, 0.1) is 30.4 Å². The molecule has 0 amide bonds. The predicted octanol–water partition coefficient (Wildman–Crippen LogP) is 0.922. The number of methoxy groups -OCH3 is 1. The van der Waals surface area contributed by atoms with Crippen LogP contribution < -0.4 is 4.74 Å². The number of nitrogens with zero attached hydrogens (tertiary/aromatic N) is 4. The monoisotopic (exact) mass is 308 g/mol. The zero-order chi connectivity index (χ0) is 14.9. The number of sulfonamides is 1. The summed E-state index contributed by atoms with van der Waals surface area (Å²) in [5.41, 5.74) is 0. The van der Waals surface area contributed by atoms with Gasteiger partial charge in [-0.05, 0) is 18.6 Å². The van der Waals surface area contributed by atoms with Gasteiger partial charge in [-0.25, -0.2) is 8.42 Å². The van der Waals surface area contributed by atoms with Crippen molar-refractivity contribution in [3.05, 3.63) is 36.7 Å².